The normalized spacial score (nSPS) is 15.9. The molecule has 1 aromatic heterocycles. The van der Waals surface area contributed by atoms with Gasteiger partial charge in [0.25, 0.3) is 0 Å². The van der Waals surface area contributed by atoms with Crippen LogP contribution in [0.4, 0.5) is 5.69 Å². The predicted molar refractivity (Wildman–Crippen MR) is 73.4 cm³/mol. The molecular formula is C14H17N3O. The average Bonchev–Trinajstić information content (AvgIpc) is 2.47. The summed E-state index contributed by atoms with van der Waals surface area (Å²) in [5, 5.41) is 5.67. The quantitative estimate of drug-likeness (QED) is 0.870. The zero-order chi connectivity index (χ0) is 12.4. The van der Waals surface area contributed by atoms with E-state index in [2.05, 4.69) is 27.3 Å². The number of benzene rings is 1. The number of pyridine rings is 1. The molecule has 0 bridgehead atoms. The van der Waals surface area contributed by atoms with Gasteiger partial charge in [-0.3, -0.25) is 4.98 Å². The summed E-state index contributed by atoms with van der Waals surface area (Å²) >= 11 is 0. The van der Waals surface area contributed by atoms with Crippen molar-refractivity contribution in [2.45, 2.75) is 0 Å². The molecule has 18 heavy (non-hydrogen) atoms. The van der Waals surface area contributed by atoms with Crippen molar-refractivity contribution in [2.24, 2.45) is 0 Å². The van der Waals surface area contributed by atoms with Crippen LogP contribution in [0.1, 0.15) is 0 Å². The molecule has 94 valence electrons. The van der Waals surface area contributed by atoms with E-state index in [4.69, 9.17) is 4.74 Å². The molecule has 1 saturated heterocycles. The van der Waals surface area contributed by atoms with Crippen LogP contribution >= 0.6 is 0 Å². The summed E-state index contributed by atoms with van der Waals surface area (Å²) in [5.41, 5.74) is 1.27. The molecule has 0 aliphatic carbocycles. The number of anilines is 1. The fourth-order valence-electron chi connectivity index (χ4n) is 2.51. The topological polar surface area (TPSA) is 37.4 Å². The van der Waals surface area contributed by atoms with Crippen LogP contribution in [-0.4, -0.2) is 38.3 Å². The zero-order valence-corrected chi connectivity index (χ0v) is 10.5. The van der Waals surface area contributed by atoms with Gasteiger partial charge >= 0.3 is 0 Å². The van der Waals surface area contributed by atoms with Gasteiger partial charge in [0.1, 0.15) is 5.75 Å². The van der Waals surface area contributed by atoms with Gasteiger partial charge in [-0.25, -0.2) is 0 Å². The van der Waals surface area contributed by atoms with Crippen LogP contribution < -0.4 is 15.0 Å². The molecule has 4 heteroatoms. The second-order valence-corrected chi connectivity index (χ2v) is 4.45. The molecule has 0 atom stereocenters. The average molecular weight is 243 g/mol. The van der Waals surface area contributed by atoms with Crippen molar-refractivity contribution in [2.75, 3.05) is 38.2 Å². The predicted octanol–water partition coefficient (Wildman–Crippen LogP) is 1.65. The van der Waals surface area contributed by atoms with Gasteiger partial charge in [-0.05, 0) is 18.2 Å². The summed E-state index contributed by atoms with van der Waals surface area (Å²) in [6, 6.07) is 6.24. The lowest BCUT2D eigenvalue weighted by molar-refractivity contribution is 0.419. The second-order valence-electron chi connectivity index (χ2n) is 4.45. The molecule has 1 N–H and O–H groups in total. The van der Waals surface area contributed by atoms with E-state index in [9.17, 15) is 0 Å². The van der Waals surface area contributed by atoms with E-state index in [0.717, 1.165) is 37.3 Å². The minimum absolute atomic E-state index is 0.886. The van der Waals surface area contributed by atoms with Crippen molar-refractivity contribution in [3.05, 3.63) is 30.6 Å². The molecule has 4 nitrogen and oxygen atoms in total. The Balaban J connectivity index is 2.12. The molecule has 0 amide bonds. The van der Waals surface area contributed by atoms with E-state index in [0.29, 0.717) is 0 Å². The number of hydrogen-bond acceptors (Lipinski definition) is 4. The first-order chi connectivity index (χ1) is 8.90. The Kier molecular flexibility index (Phi) is 3.02. The maximum absolute atomic E-state index is 5.40. The third-order valence-electron chi connectivity index (χ3n) is 3.43. The second kappa shape index (κ2) is 4.82. The first kappa shape index (κ1) is 11.3. The summed E-state index contributed by atoms with van der Waals surface area (Å²) in [4.78, 5) is 6.61. The van der Waals surface area contributed by atoms with Crippen molar-refractivity contribution in [1.82, 2.24) is 10.3 Å². The zero-order valence-electron chi connectivity index (χ0n) is 10.5. The van der Waals surface area contributed by atoms with E-state index in [1.54, 1.807) is 7.11 Å². The van der Waals surface area contributed by atoms with Gasteiger partial charge in [-0.15, -0.1) is 0 Å². The van der Waals surface area contributed by atoms with Crippen LogP contribution in [-0.2, 0) is 0 Å². The van der Waals surface area contributed by atoms with Crippen molar-refractivity contribution in [3.8, 4) is 5.75 Å². The van der Waals surface area contributed by atoms with E-state index in [-0.39, 0.29) is 0 Å². The molecule has 0 radical (unpaired) electrons. The molecule has 1 aromatic carbocycles. The number of ether oxygens (including phenoxy) is 1. The fraction of sp³-hybridized carbons (Fsp3) is 0.357. The van der Waals surface area contributed by atoms with Crippen LogP contribution in [0.15, 0.2) is 30.6 Å². The number of methoxy groups -OCH3 is 1. The Morgan fingerprint density at radius 2 is 2.00 bits per heavy atom. The first-order valence-electron chi connectivity index (χ1n) is 6.26. The third-order valence-corrected chi connectivity index (χ3v) is 3.43. The van der Waals surface area contributed by atoms with Gasteiger partial charge < -0.3 is 15.0 Å². The highest BCUT2D eigenvalue weighted by Crippen LogP contribution is 2.32. The number of fused-ring (bicyclic) bond motifs is 1. The van der Waals surface area contributed by atoms with E-state index in [1.807, 2.05) is 18.5 Å². The van der Waals surface area contributed by atoms with Crippen LogP contribution in [0.3, 0.4) is 0 Å². The van der Waals surface area contributed by atoms with E-state index < -0.39 is 0 Å². The van der Waals surface area contributed by atoms with Crippen molar-refractivity contribution < 1.29 is 4.74 Å². The molecular weight excluding hydrogens is 226 g/mol. The smallest absolute Gasteiger partial charge is 0.128 e. The lowest BCUT2D eigenvalue weighted by Crippen LogP contribution is -2.43. The number of nitrogens with one attached hydrogen (secondary N) is 1. The SMILES string of the molecule is COc1ccc(N2CCNCC2)c2ccncc12. The summed E-state index contributed by atoms with van der Waals surface area (Å²) in [6.07, 6.45) is 3.72. The third kappa shape index (κ3) is 1.88. The summed E-state index contributed by atoms with van der Waals surface area (Å²) in [6.45, 7) is 4.17. The van der Waals surface area contributed by atoms with Crippen molar-refractivity contribution in [1.29, 1.82) is 0 Å². The molecule has 1 fully saturated rings. The number of aromatic nitrogens is 1. The number of hydrogen-bond donors (Lipinski definition) is 1. The maximum Gasteiger partial charge on any atom is 0.128 e. The van der Waals surface area contributed by atoms with Gasteiger partial charge in [-0.2, -0.15) is 0 Å². The molecule has 1 aliphatic heterocycles. The minimum atomic E-state index is 0.886. The Bertz CT molecular complexity index is 550. The highest BCUT2D eigenvalue weighted by molar-refractivity contribution is 5.97. The van der Waals surface area contributed by atoms with E-state index >= 15 is 0 Å². The largest absolute Gasteiger partial charge is 0.496 e. The Morgan fingerprint density at radius 1 is 1.17 bits per heavy atom. The number of rotatable bonds is 2. The molecule has 0 spiro atoms. The molecule has 3 rings (SSSR count). The molecule has 1 aliphatic rings. The Labute approximate surface area is 107 Å². The Hall–Kier alpha value is -1.81. The minimum Gasteiger partial charge on any atom is -0.496 e. The molecule has 2 aromatic rings. The van der Waals surface area contributed by atoms with Crippen molar-refractivity contribution >= 4 is 16.5 Å². The van der Waals surface area contributed by atoms with Crippen LogP contribution in [0.25, 0.3) is 10.8 Å². The number of nitrogens with zero attached hydrogens (tertiary/aromatic N) is 2. The lowest BCUT2D eigenvalue weighted by Gasteiger charge is -2.30. The highest BCUT2D eigenvalue weighted by Gasteiger charge is 2.14. The van der Waals surface area contributed by atoms with Gasteiger partial charge in [0.05, 0.1) is 7.11 Å². The lowest BCUT2D eigenvalue weighted by atomic mass is 10.1. The molecule has 0 saturated carbocycles. The Morgan fingerprint density at radius 3 is 2.78 bits per heavy atom. The highest BCUT2D eigenvalue weighted by atomic mass is 16.5. The van der Waals surface area contributed by atoms with Crippen LogP contribution in [0, 0.1) is 0 Å². The summed E-state index contributed by atoms with van der Waals surface area (Å²) in [7, 11) is 1.70. The monoisotopic (exact) mass is 243 g/mol. The standard InChI is InChI=1S/C14H17N3O/c1-18-14-3-2-13(17-8-6-15-7-9-17)11-4-5-16-10-12(11)14/h2-5,10,15H,6-9H2,1H3. The van der Waals surface area contributed by atoms with Gasteiger partial charge in [-0.1, -0.05) is 0 Å². The molecule has 2 heterocycles. The first-order valence-corrected chi connectivity index (χ1v) is 6.26. The fourth-order valence-corrected chi connectivity index (χ4v) is 2.51. The summed E-state index contributed by atoms with van der Waals surface area (Å²) in [5.74, 6) is 0.886. The summed E-state index contributed by atoms with van der Waals surface area (Å²) < 4.78 is 5.40. The van der Waals surface area contributed by atoms with Gasteiger partial charge in [0.2, 0.25) is 0 Å². The van der Waals surface area contributed by atoms with Crippen LogP contribution in [0.2, 0.25) is 0 Å². The maximum atomic E-state index is 5.40. The number of piperazine rings is 1. The van der Waals surface area contributed by atoms with Gasteiger partial charge in [0, 0.05) is 55.0 Å². The van der Waals surface area contributed by atoms with Crippen LogP contribution in [0.5, 0.6) is 5.75 Å². The van der Waals surface area contributed by atoms with E-state index in [1.165, 1.54) is 11.1 Å². The van der Waals surface area contributed by atoms with Gasteiger partial charge in [0.15, 0.2) is 0 Å². The van der Waals surface area contributed by atoms with Crippen molar-refractivity contribution in [3.63, 3.8) is 0 Å². The molecule has 0 unspecified atom stereocenters.